The van der Waals surface area contributed by atoms with Crippen LogP contribution in [0.1, 0.15) is 35.2 Å². The highest BCUT2D eigenvalue weighted by Gasteiger charge is 2.34. The highest BCUT2D eigenvalue weighted by molar-refractivity contribution is 7.90. The van der Waals surface area contributed by atoms with Gasteiger partial charge in [0.05, 0.1) is 37.2 Å². The molecule has 0 unspecified atom stereocenters. The number of imidazole rings is 1. The van der Waals surface area contributed by atoms with Crippen LogP contribution in [0, 0.1) is 6.92 Å². The first-order valence-corrected chi connectivity index (χ1v) is 13.2. The SMILES string of the molecule is COCCn1c(CN(C(=O)Cc2ccccc2)C2CC2)cnc1S(=O)(=O)Cc1ccc(C)cc1. The average Bonchev–Trinajstić information content (AvgIpc) is 3.57. The first-order valence-electron chi connectivity index (χ1n) is 11.5. The van der Waals surface area contributed by atoms with Crippen LogP contribution in [0.3, 0.4) is 0 Å². The molecule has 1 amide bonds. The van der Waals surface area contributed by atoms with Crippen LogP contribution < -0.4 is 0 Å². The zero-order valence-corrected chi connectivity index (χ0v) is 20.5. The lowest BCUT2D eigenvalue weighted by Crippen LogP contribution is -2.34. The number of hydrogen-bond donors (Lipinski definition) is 0. The Morgan fingerprint density at radius 1 is 1.09 bits per heavy atom. The second-order valence-corrected chi connectivity index (χ2v) is 10.7. The van der Waals surface area contributed by atoms with E-state index in [1.54, 1.807) is 17.9 Å². The highest BCUT2D eigenvalue weighted by atomic mass is 32.2. The quantitative estimate of drug-likeness (QED) is 0.418. The summed E-state index contributed by atoms with van der Waals surface area (Å²) in [4.78, 5) is 19.3. The molecular weight excluding hydrogens is 450 g/mol. The Labute approximate surface area is 201 Å². The number of carbonyl (C=O) groups is 1. The highest BCUT2D eigenvalue weighted by Crippen LogP contribution is 2.30. The number of ether oxygens (including phenoxy) is 1. The van der Waals surface area contributed by atoms with Crippen LogP contribution in [-0.2, 0) is 44.6 Å². The molecule has 2 aromatic carbocycles. The van der Waals surface area contributed by atoms with Crippen molar-refractivity contribution in [3.63, 3.8) is 0 Å². The van der Waals surface area contributed by atoms with E-state index < -0.39 is 9.84 Å². The Hall–Kier alpha value is -2.97. The van der Waals surface area contributed by atoms with Crippen LogP contribution in [0.2, 0.25) is 0 Å². The van der Waals surface area contributed by atoms with Crippen molar-refractivity contribution >= 4 is 15.7 Å². The van der Waals surface area contributed by atoms with Crippen molar-refractivity contribution < 1.29 is 17.9 Å². The van der Waals surface area contributed by atoms with Crippen molar-refractivity contribution in [3.05, 3.63) is 83.2 Å². The van der Waals surface area contributed by atoms with Crippen molar-refractivity contribution in [2.75, 3.05) is 13.7 Å². The number of aryl methyl sites for hydroxylation is 1. The van der Waals surface area contributed by atoms with Crippen LogP contribution in [0.5, 0.6) is 0 Å². The van der Waals surface area contributed by atoms with Gasteiger partial charge in [-0.3, -0.25) is 4.79 Å². The Bertz CT molecular complexity index is 1220. The number of sulfone groups is 1. The standard InChI is InChI=1S/C26H31N3O4S/c1-20-8-10-22(11-9-20)19-34(31,32)26-27-17-24(28(26)14-15-33-2)18-29(23-12-13-23)25(30)16-21-6-4-3-5-7-21/h3-11,17,23H,12-16,18-19H2,1-2H3. The van der Waals surface area contributed by atoms with Gasteiger partial charge in [-0.05, 0) is 30.9 Å². The molecule has 0 spiro atoms. The molecule has 1 aliphatic rings. The van der Waals surface area contributed by atoms with Crippen molar-refractivity contribution in [1.29, 1.82) is 0 Å². The molecule has 0 aliphatic heterocycles. The average molecular weight is 482 g/mol. The minimum atomic E-state index is -3.68. The molecule has 4 rings (SSSR count). The Morgan fingerprint density at radius 2 is 1.79 bits per heavy atom. The summed E-state index contributed by atoms with van der Waals surface area (Å²) >= 11 is 0. The summed E-state index contributed by atoms with van der Waals surface area (Å²) in [5, 5.41) is 0.0198. The minimum absolute atomic E-state index is 0.0198. The smallest absolute Gasteiger partial charge is 0.228 e. The van der Waals surface area contributed by atoms with Gasteiger partial charge >= 0.3 is 0 Å². The van der Waals surface area contributed by atoms with Gasteiger partial charge in [-0.25, -0.2) is 13.4 Å². The van der Waals surface area contributed by atoms with Crippen molar-refractivity contribution in [3.8, 4) is 0 Å². The largest absolute Gasteiger partial charge is 0.383 e. The number of amides is 1. The summed E-state index contributed by atoms with van der Waals surface area (Å²) in [6.07, 6.45) is 3.83. The number of hydrogen-bond acceptors (Lipinski definition) is 5. The minimum Gasteiger partial charge on any atom is -0.383 e. The molecule has 0 atom stereocenters. The summed E-state index contributed by atoms with van der Waals surface area (Å²) in [5.74, 6) is -0.0899. The first-order chi connectivity index (χ1) is 16.4. The fourth-order valence-corrected chi connectivity index (χ4v) is 5.53. The zero-order chi connectivity index (χ0) is 24.1. The maximum Gasteiger partial charge on any atom is 0.228 e. The van der Waals surface area contributed by atoms with Crippen molar-refractivity contribution in [2.45, 2.75) is 56.2 Å². The molecule has 1 heterocycles. The molecule has 1 fully saturated rings. The lowest BCUT2D eigenvalue weighted by atomic mass is 10.1. The normalized spacial score (nSPS) is 13.7. The van der Waals surface area contributed by atoms with E-state index in [4.69, 9.17) is 4.74 Å². The van der Waals surface area contributed by atoms with Gasteiger partial charge in [-0.1, -0.05) is 60.2 Å². The Morgan fingerprint density at radius 3 is 2.44 bits per heavy atom. The third-order valence-corrected chi connectivity index (χ3v) is 7.61. The predicted molar refractivity (Wildman–Crippen MR) is 130 cm³/mol. The maximum absolute atomic E-state index is 13.3. The van der Waals surface area contributed by atoms with E-state index in [9.17, 15) is 13.2 Å². The number of aromatic nitrogens is 2. The van der Waals surface area contributed by atoms with E-state index in [1.807, 2.05) is 66.4 Å². The fourth-order valence-electron chi connectivity index (χ4n) is 4.01. The van der Waals surface area contributed by atoms with E-state index in [1.165, 1.54) is 0 Å². The molecule has 0 saturated heterocycles. The van der Waals surface area contributed by atoms with Crippen LogP contribution in [0.4, 0.5) is 0 Å². The van der Waals surface area contributed by atoms with Gasteiger partial charge in [0, 0.05) is 19.7 Å². The second kappa shape index (κ2) is 10.5. The van der Waals surface area contributed by atoms with Gasteiger partial charge in [0.25, 0.3) is 0 Å². The van der Waals surface area contributed by atoms with Crippen molar-refractivity contribution in [1.82, 2.24) is 14.5 Å². The van der Waals surface area contributed by atoms with Crippen LogP contribution in [0.25, 0.3) is 0 Å². The second-order valence-electron chi connectivity index (χ2n) is 8.84. The van der Waals surface area contributed by atoms with Gasteiger partial charge in [-0.2, -0.15) is 0 Å². The third-order valence-electron chi connectivity index (χ3n) is 6.01. The molecule has 0 N–H and O–H groups in total. The van der Waals surface area contributed by atoms with Gasteiger partial charge in [0.1, 0.15) is 0 Å². The monoisotopic (exact) mass is 481 g/mol. The lowest BCUT2D eigenvalue weighted by molar-refractivity contribution is -0.131. The van der Waals surface area contributed by atoms with Crippen molar-refractivity contribution in [2.24, 2.45) is 0 Å². The molecule has 180 valence electrons. The molecule has 3 aromatic rings. The van der Waals surface area contributed by atoms with E-state index >= 15 is 0 Å². The number of methoxy groups -OCH3 is 1. The summed E-state index contributed by atoms with van der Waals surface area (Å²) < 4.78 is 33.5. The number of carbonyl (C=O) groups excluding carboxylic acids is 1. The van der Waals surface area contributed by atoms with E-state index in [0.717, 1.165) is 24.0 Å². The zero-order valence-electron chi connectivity index (χ0n) is 19.7. The predicted octanol–water partition coefficient (Wildman–Crippen LogP) is 3.55. The Kier molecular flexibility index (Phi) is 7.48. The molecular formula is C26H31N3O4S. The number of rotatable bonds is 11. The topological polar surface area (TPSA) is 81.5 Å². The van der Waals surface area contributed by atoms with Gasteiger partial charge in [0.2, 0.25) is 20.9 Å². The Balaban J connectivity index is 1.58. The first kappa shape index (κ1) is 24.2. The van der Waals surface area contributed by atoms with Crippen LogP contribution in [0.15, 0.2) is 66.0 Å². The third kappa shape index (κ3) is 5.93. The van der Waals surface area contributed by atoms with E-state index in [2.05, 4.69) is 4.98 Å². The molecule has 34 heavy (non-hydrogen) atoms. The van der Waals surface area contributed by atoms with Crippen LogP contribution >= 0.6 is 0 Å². The van der Waals surface area contributed by atoms with Gasteiger partial charge < -0.3 is 14.2 Å². The number of nitrogens with zero attached hydrogens (tertiary/aromatic N) is 3. The molecule has 7 nitrogen and oxygen atoms in total. The molecule has 8 heteroatoms. The fraction of sp³-hybridized carbons (Fsp3) is 0.385. The molecule has 1 saturated carbocycles. The van der Waals surface area contributed by atoms with Gasteiger partial charge in [0.15, 0.2) is 0 Å². The maximum atomic E-state index is 13.3. The number of benzene rings is 2. The summed E-state index contributed by atoms with van der Waals surface area (Å²) in [6.45, 7) is 2.98. The summed E-state index contributed by atoms with van der Waals surface area (Å²) in [6, 6.07) is 17.3. The van der Waals surface area contributed by atoms with Crippen LogP contribution in [-0.4, -0.2) is 48.5 Å². The summed E-state index contributed by atoms with van der Waals surface area (Å²) in [5.41, 5.74) is 3.46. The van der Waals surface area contributed by atoms with Gasteiger partial charge in [-0.15, -0.1) is 0 Å². The van der Waals surface area contributed by atoms with E-state index in [-0.39, 0.29) is 22.9 Å². The molecule has 0 bridgehead atoms. The summed E-state index contributed by atoms with van der Waals surface area (Å²) in [7, 11) is -2.10. The lowest BCUT2D eigenvalue weighted by Gasteiger charge is -2.23. The molecule has 1 aliphatic carbocycles. The molecule has 0 radical (unpaired) electrons. The molecule has 1 aromatic heterocycles. The van der Waals surface area contributed by atoms with E-state index in [0.29, 0.717) is 37.4 Å².